The van der Waals surface area contributed by atoms with Crippen LogP contribution >= 0.6 is 0 Å². The van der Waals surface area contributed by atoms with Gasteiger partial charge in [-0.3, -0.25) is 4.79 Å². The lowest BCUT2D eigenvalue weighted by Gasteiger charge is -2.14. The Hall–Kier alpha value is -2.41. The van der Waals surface area contributed by atoms with E-state index in [2.05, 4.69) is 5.32 Å². The van der Waals surface area contributed by atoms with E-state index in [1.807, 2.05) is 0 Å². The van der Waals surface area contributed by atoms with Gasteiger partial charge in [-0.25, -0.2) is 12.8 Å². The van der Waals surface area contributed by atoms with Crippen LogP contribution in [-0.2, 0) is 14.6 Å². The second-order valence-corrected chi connectivity index (χ2v) is 7.02. The molecular weight excluding hydrogens is 321 g/mol. The minimum atomic E-state index is -3.28. The third-order valence-electron chi connectivity index (χ3n) is 3.05. The second-order valence-electron chi connectivity index (χ2n) is 5.00. The quantitative estimate of drug-likeness (QED) is 0.910. The van der Waals surface area contributed by atoms with Crippen molar-refractivity contribution in [1.29, 1.82) is 0 Å². The molecule has 7 heteroatoms. The van der Waals surface area contributed by atoms with Crippen LogP contribution in [0.25, 0.3) is 0 Å². The van der Waals surface area contributed by atoms with E-state index in [-0.39, 0.29) is 10.7 Å². The number of anilines is 1. The molecule has 0 radical (unpaired) electrons. The maximum atomic E-state index is 12.8. The van der Waals surface area contributed by atoms with Gasteiger partial charge >= 0.3 is 0 Å². The molecule has 1 unspecified atom stereocenters. The van der Waals surface area contributed by atoms with Gasteiger partial charge in [-0.1, -0.05) is 0 Å². The van der Waals surface area contributed by atoms with Crippen molar-refractivity contribution in [2.75, 3.05) is 11.6 Å². The second kappa shape index (κ2) is 6.78. The van der Waals surface area contributed by atoms with Gasteiger partial charge in [0.2, 0.25) is 0 Å². The van der Waals surface area contributed by atoms with Crippen molar-refractivity contribution in [3.63, 3.8) is 0 Å². The zero-order valence-electron chi connectivity index (χ0n) is 12.6. The van der Waals surface area contributed by atoms with Crippen molar-refractivity contribution >= 4 is 21.4 Å². The number of nitrogens with one attached hydrogen (secondary N) is 1. The highest BCUT2D eigenvalue weighted by molar-refractivity contribution is 7.90. The Morgan fingerprint density at radius 2 is 1.65 bits per heavy atom. The fourth-order valence-corrected chi connectivity index (χ4v) is 2.43. The van der Waals surface area contributed by atoms with E-state index < -0.39 is 21.8 Å². The van der Waals surface area contributed by atoms with Gasteiger partial charge in [0.1, 0.15) is 11.6 Å². The van der Waals surface area contributed by atoms with Crippen molar-refractivity contribution in [2.45, 2.75) is 17.9 Å². The number of halogens is 1. The normalized spacial score (nSPS) is 12.5. The van der Waals surface area contributed by atoms with Gasteiger partial charge < -0.3 is 10.1 Å². The van der Waals surface area contributed by atoms with Crippen molar-refractivity contribution in [3.8, 4) is 5.75 Å². The number of benzene rings is 2. The van der Waals surface area contributed by atoms with Gasteiger partial charge in [-0.15, -0.1) is 0 Å². The molecule has 0 fully saturated rings. The molecule has 122 valence electrons. The van der Waals surface area contributed by atoms with E-state index in [1.54, 1.807) is 6.92 Å². The number of amides is 1. The van der Waals surface area contributed by atoms with E-state index >= 15 is 0 Å². The summed E-state index contributed by atoms with van der Waals surface area (Å²) in [5.74, 6) is -0.414. The number of carbonyl (C=O) groups is 1. The van der Waals surface area contributed by atoms with Crippen LogP contribution in [0.4, 0.5) is 10.1 Å². The summed E-state index contributed by atoms with van der Waals surface area (Å²) in [6.07, 6.45) is 0.314. The minimum absolute atomic E-state index is 0.172. The van der Waals surface area contributed by atoms with E-state index in [0.717, 1.165) is 6.26 Å². The first-order chi connectivity index (χ1) is 10.8. The molecule has 0 aliphatic rings. The van der Waals surface area contributed by atoms with Crippen molar-refractivity contribution in [2.24, 2.45) is 0 Å². The van der Waals surface area contributed by atoms with E-state index in [9.17, 15) is 17.6 Å². The predicted molar refractivity (Wildman–Crippen MR) is 84.7 cm³/mol. The average molecular weight is 337 g/mol. The smallest absolute Gasteiger partial charge is 0.265 e. The molecule has 0 saturated carbocycles. The van der Waals surface area contributed by atoms with Gasteiger partial charge in [0.15, 0.2) is 15.9 Å². The summed E-state index contributed by atoms with van der Waals surface area (Å²) in [6, 6.07) is 11.2. The fraction of sp³-hybridized carbons (Fsp3) is 0.188. The van der Waals surface area contributed by atoms with E-state index in [1.165, 1.54) is 48.5 Å². The van der Waals surface area contributed by atoms with Gasteiger partial charge in [0, 0.05) is 11.9 Å². The standard InChI is InChI=1S/C16H16FNO4S/c1-11(22-14-7-3-12(17)4-8-14)16(19)18-13-5-9-15(10-6-13)23(2,20)21/h3-11H,1-2H3,(H,18,19). The molecule has 0 spiro atoms. The lowest BCUT2D eigenvalue weighted by molar-refractivity contribution is -0.122. The molecule has 0 saturated heterocycles. The maximum absolute atomic E-state index is 12.8. The average Bonchev–Trinajstić information content (AvgIpc) is 2.49. The Morgan fingerprint density at radius 3 is 2.17 bits per heavy atom. The van der Waals surface area contributed by atoms with Gasteiger partial charge in [0.05, 0.1) is 4.90 Å². The number of sulfone groups is 1. The molecule has 1 atom stereocenters. The third kappa shape index (κ3) is 4.79. The lowest BCUT2D eigenvalue weighted by Crippen LogP contribution is -2.30. The Labute approximate surface area is 134 Å². The Bertz CT molecular complexity index is 786. The predicted octanol–water partition coefficient (Wildman–Crippen LogP) is 2.64. The summed E-state index contributed by atoms with van der Waals surface area (Å²) in [5, 5.41) is 2.62. The molecule has 0 aliphatic heterocycles. The number of rotatable bonds is 5. The number of hydrogen-bond acceptors (Lipinski definition) is 4. The maximum Gasteiger partial charge on any atom is 0.265 e. The molecule has 2 aromatic rings. The zero-order valence-corrected chi connectivity index (χ0v) is 13.4. The summed E-state index contributed by atoms with van der Waals surface area (Å²) in [4.78, 5) is 12.2. The van der Waals surface area contributed by atoms with Crippen molar-refractivity contribution in [1.82, 2.24) is 0 Å². The fourth-order valence-electron chi connectivity index (χ4n) is 1.80. The molecule has 2 aromatic carbocycles. The van der Waals surface area contributed by atoms with E-state index in [4.69, 9.17) is 4.74 Å². The number of hydrogen-bond donors (Lipinski definition) is 1. The minimum Gasteiger partial charge on any atom is -0.481 e. The summed E-state index contributed by atoms with van der Waals surface area (Å²) in [5.41, 5.74) is 0.456. The Balaban J connectivity index is 1.99. The zero-order chi connectivity index (χ0) is 17.0. The van der Waals surface area contributed by atoms with Crippen LogP contribution in [-0.4, -0.2) is 26.7 Å². The van der Waals surface area contributed by atoms with Crippen LogP contribution in [0.3, 0.4) is 0 Å². The molecule has 23 heavy (non-hydrogen) atoms. The van der Waals surface area contributed by atoms with Gasteiger partial charge in [0.25, 0.3) is 5.91 Å². The molecule has 0 heterocycles. The molecule has 5 nitrogen and oxygen atoms in total. The molecule has 2 rings (SSSR count). The molecule has 1 amide bonds. The van der Waals surface area contributed by atoms with Gasteiger partial charge in [-0.2, -0.15) is 0 Å². The van der Waals surface area contributed by atoms with Crippen LogP contribution in [0.1, 0.15) is 6.92 Å². The molecule has 0 aromatic heterocycles. The summed E-state index contributed by atoms with van der Waals surface area (Å²) >= 11 is 0. The highest BCUT2D eigenvalue weighted by atomic mass is 32.2. The monoisotopic (exact) mass is 337 g/mol. The van der Waals surface area contributed by atoms with Crippen molar-refractivity contribution < 1.29 is 22.3 Å². The third-order valence-corrected chi connectivity index (χ3v) is 4.17. The largest absolute Gasteiger partial charge is 0.481 e. The summed E-state index contributed by atoms with van der Waals surface area (Å²) in [7, 11) is -3.28. The van der Waals surface area contributed by atoms with Crippen LogP contribution in [0.15, 0.2) is 53.4 Å². The first-order valence-corrected chi connectivity index (χ1v) is 8.68. The lowest BCUT2D eigenvalue weighted by atomic mass is 10.3. The van der Waals surface area contributed by atoms with Crippen LogP contribution in [0.2, 0.25) is 0 Å². The molecule has 0 aliphatic carbocycles. The molecular formula is C16H16FNO4S. The topological polar surface area (TPSA) is 72.5 Å². The van der Waals surface area contributed by atoms with Crippen LogP contribution in [0, 0.1) is 5.82 Å². The summed E-state index contributed by atoms with van der Waals surface area (Å²) < 4.78 is 41.0. The first kappa shape index (κ1) is 17.0. The molecule has 1 N–H and O–H groups in total. The first-order valence-electron chi connectivity index (χ1n) is 6.79. The molecule has 0 bridgehead atoms. The van der Waals surface area contributed by atoms with Crippen LogP contribution in [0.5, 0.6) is 5.75 Å². The highest BCUT2D eigenvalue weighted by Gasteiger charge is 2.15. The SMILES string of the molecule is CC(Oc1ccc(F)cc1)C(=O)Nc1ccc(S(C)(=O)=O)cc1. The van der Waals surface area contributed by atoms with Crippen LogP contribution < -0.4 is 10.1 Å². The number of ether oxygens (including phenoxy) is 1. The van der Waals surface area contributed by atoms with E-state index in [0.29, 0.717) is 11.4 Å². The Kier molecular flexibility index (Phi) is 5.00. The van der Waals surface area contributed by atoms with Crippen molar-refractivity contribution in [3.05, 3.63) is 54.3 Å². The number of carbonyl (C=O) groups excluding carboxylic acids is 1. The van der Waals surface area contributed by atoms with Gasteiger partial charge in [-0.05, 0) is 55.5 Å². The summed E-state index contributed by atoms with van der Waals surface area (Å²) in [6.45, 7) is 1.56. The Morgan fingerprint density at radius 1 is 1.09 bits per heavy atom. The highest BCUT2D eigenvalue weighted by Crippen LogP contribution is 2.16.